The normalized spacial score (nSPS) is 13.0. The molecule has 0 saturated carbocycles. The van der Waals surface area contributed by atoms with E-state index in [1.807, 2.05) is 13.8 Å². The van der Waals surface area contributed by atoms with E-state index in [9.17, 15) is 31.2 Å². The molecule has 0 aliphatic rings. The first-order valence-corrected chi connectivity index (χ1v) is 17.2. The molecule has 4 rings (SSSR count). The lowest BCUT2D eigenvalue weighted by Crippen LogP contribution is -2.54. The van der Waals surface area contributed by atoms with Gasteiger partial charge in [-0.1, -0.05) is 96.9 Å². The van der Waals surface area contributed by atoms with Crippen molar-refractivity contribution in [3.05, 3.63) is 130 Å². The van der Waals surface area contributed by atoms with Gasteiger partial charge in [0.05, 0.1) is 21.2 Å². The summed E-state index contributed by atoms with van der Waals surface area (Å²) >= 11 is 12.4. The largest absolute Gasteiger partial charge is 0.417 e. The van der Waals surface area contributed by atoms with Crippen LogP contribution in [-0.4, -0.2) is 43.8 Å². The van der Waals surface area contributed by atoms with Gasteiger partial charge in [-0.3, -0.25) is 13.9 Å². The van der Waals surface area contributed by atoms with Crippen LogP contribution in [0, 0.1) is 0 Å². The molecule has 254 valence electrons. The quantitative estimate of drug-likeness (QED) is 0.153. The van der Waals surface area contributed by atoms with Crippen LogP contribution >= 0.6 is 23.2 Å². The maximum absolute atomic E-state index is 14.5. The van der Waals surface area contributed by atoms with Crippen molar-refractivity contribution < 1.29 is 31.2 Å². The molecule has 0 unspecified atom stereocenters. The second-order valence-corrected chi connectivity index (χ2v) is 13.8. The summed E-state index contributed by atoms with van der Waals surface area (Å²) in [5, 5.41) is 2.58. The SMILES string of the molecule is CC[C@@H](C)NC(=O)[C@H](Cc1ccccc1)N(Cc1ccccc1Cl)C(=O)CN(c1ccc(Cl)c(C(F)(F)F)c1)S(=O)(=O)c1ccccc1. The molecule has 48 heavy (non-hydrogen) atoms. The minimum absolute atomic E-state index is 0.0594. The van der Waals surface area contributed by atoms with Gasteiger partial charge in [0.2, 0.25) is 11.8 Å². The van der Waals surface area contributed by atoms with Crippen LogP contribution in [0.25, 0.3) is 0 Å². The van der Waals surface area contributed by atoms with Gasteiger partial charge in [0.15, 0.2) is 0 Å². The fraction of sp³-hybridized carbons (Fsp3) is 0.257. The van der Waals surface area contributed by atoms with Crippen LogP contribution in [0.5, 0.6) is 0 Å². The highest BCUT2D eigenvalue weighted by molar-refractivity contribution is 7.92. The van der Waals surface area contributed by atoms with Gasteiger partial charge in [0.1, 0.15) is 12.6 Å². The third-order valence-electron chi connectivity index (χ3n) is 7.72. The number of sulfonamides is 1. The minimum Gasteiger partial charge on any atom is -0.352 e. The Hall–Kier alpha value is -4.06. The molecular formula is C35H34Cl2F3N3O4S. The number of halogens is 5. The molecule has 1 N–H and O–H groups in total. The predicted molar refractivity (Wildman–Crippen MR) is 181 cm³/mol. The average molecular weight is 721 g/mol. The Balaban J connectivity index is 1.87. The van der Waals surface area contributed by atoms with E-state index in [2.05, 4.69) is 5.32 Å². The fourth-order valence-electron chi connectivity index (χ4n) is 4.94. The summed E-state index contributed by atoms with van der Waals surface area (Å²) in [5.74, 6) is -1.34. The van der Waals surface area contributed by atoms with Crippen molar-refractivity contribution in [2.24, 2.45) is 0 Å². The number of benzene rings is 4. The number of nitrogens with one attached hydrogen (secondary N) is 1. The Morgan fingerprint density at radius 1 is 0.854 bits per heavy atom. The smallest absolute Gasteiger partial charge is 0.352 e. The molecule has 0 radical (unpaired) electrons. The molecule has 0 saturated heterocycles. The molecule has 0 aliphatic carbocycles. The first-order chi connectivity index (χ1) is 22.7. The monoisotopic (exact) mass is 719 g/mol. The number of carbonyl (C=O) groups is 2. The van der Waals surface area contributed by atoms with Gasteiger partial charge in [-0.15, -0.1) is 0 Å². The van der Waals surface area contributed by atoms with Crippen LogP contribution in [0.3, 0.4) is 0 Å². The molecule has 13 heteroatoms. The lowest BCUT2D eigenvalue weighted by molar-refractivity contribution is -0.140. The Morgan fingerprint density at radius 3 is 2.06 bits per heavy atom. The third-order valence-corrected chi connectivity index (χ3v) is 10.2. The molecule has 0 aliphatic heterocycles. The van der Waals surface area contributed by atoms with Gasteiger partial charge < -0.3 is 10.2 Å². The number of nitrogens with zero attached hydrogens (tertiary/aromatic N) is 2. The number of carbonyl (C=O) groups excluding carboxylic acids is 2. The Labute approximate surface area is 288 Å². The van der Waals surface area contributed by atoms with E-state index in [-0.39, 0.29) is 23.9 Å². The molecule has 0 heterocycles. The molecule has 0 fully saturated rings. The summed E-state index contributed by atoms with van der Waals surface area (Å²) < 4.78 is 70.5. The van der Waals surface area contributed by atoms with Crippen LogP contribution in [0.2, 0.25) is 10.0 Å². The second-order valence-electron chi connectivity index (χ2n) is 11.1. The van der Waals surface area contributed by atoms with Crippen molar-refractivity contribution in [1.29, 1.82) is 0 Å². The number of hydrogen-bond acceptors (Lipinski definition) is 4. The predicted octanol–water partition coefficient (Wildman–Crippen LogP) is 7.76. The van der Waals surface area contributed by atoms with Crippen LogP contribution in [0.4, 0.5) is 18.9 Å². The van der Waals surface area contributed by atoms with Crippen LogP contribution in [0.1, 0.15) is 37.0 Å². The number of amides is 2. The second kappa shape index (κ2) is 15.9. The van der Waals surface area contributed by atoms with Crippen molar-refractivity contribution in [2.45, 2.75) is 56.4 Å². The summed E-state index contributed by atoms with van der Waals surface area (Å²) in [5.41, 5.74) is -0.513. The van der Waals surface area contributed by atoms with Gasteiger partial charge in [-0.05, 0) is 60.9 Å². The van der Waals surface area contributed by atoms with Crippen molar-refractivity contribution >= 4 is 50.7 Å². The number of hydrogen-bond donors (Lipinski definition) is 1. The van der Waals surface area contributed by atoms with E-state index in [4.69, 9.17) is 23.2 Å². The van der Waals surface area contributed by atoms with Crippen molar-refractivity contribution in [3.63, 3.8) is 0 Å². The Kier molecular flexibility index (Phi) is 12.2. The van der Waals surface area contributed by atoms with Crippen molar-refractivity contribution in [2.75, 3.05) is 10.8 Å². The summed E-state index contributed by atoms with van der Waals surface area (Å²) in [4.78, 5) is 29.4. The maximum Gasteiger partial charge on any atom is 0.417 e. The summed E-state index contributed by atoms with van der Waals surface area (Å²) in [7, 11) is -4.62. The summed E-state index contributed by atoms with van der Waals surface area (Å²) in [6.45, 7) is 2.56. The summed E-state index contributed by atoms with van der Waals surface area (Å²) in [6, 6.07) is 23.9. The molecule has 4 aromatic rings. The van der Waals surface area contributed by atoms with Gasteiger partial charge in [-0.25, -0.2) is 8.42 Å². The highest BCUT2D eigenvalue weighted by Crippen LogP contribution is 2.38. The fourth-order valence-corrected chi connectivity index (χ4v) is 6.79. The lowest BCUT2D eigenvalue weighted by Gasteiger charge is -2.34. The molecule has 0 aromatic heterocycles. The highest BCUT2D eigenvalue weighted by Gasteiger charge is 2.38. The van der Waals surface area contributed by atoms with E-state index in [0.29, 0.717) is 27.4 Å². The molecule has 2 atom stereocenters. The lowest BCUT2D eigenvalue weighted by atomic mass is 10.0. The van der Waals surface area contributed by atoms with E-state index >= 15 is 0 Å². The zero-order valence-electron chi connectivity index (χ0n) is 26.1. The Morgan fingerprint density at radius 2 is 1.46 bits per heavy atom. The van der Waals surface area contributed by atoms with E-state index in [1.54, 1.807) is 60.7 Å². The first-order valence-electron chi connectivity index (χ1n) is 15.0. The highest BCUT2D eigenvalue weighted by atomic mass is 35.5. The molecule has 4 aromatic carbocycles. The maximum atomic E-state index is 14.5. The van der Waals surface area contributed by atoms with Gasteiger partial charge in [0, 0.05) is 24.0 Å². The van der Waals surface area contributed by atoms with E-state index in [1.165, 1.54) is 29.2 Å². The van der Waals surface area contributed by atoms with Crippen LogP contribution in [0.15, 0.2) is 108 Å². The molecule has 0 spiro atoms. The third kappa shape index (κ3) is 9.09. The van der Waals surface area contributed by atoms with Crippen molar-refractivity contribution in [1.82, 2.24) is 10.2 Å². The topological polar surface area (TPSA) is 86.8 Å². The first kappa shape index (κ1) is 36.8. The number of alkyl halides is 3. The standard InChI is InChI=1S/C35H34Cl2F3N3O4S/c1-3-24(2)41-34(45)32(20-25-12-6-4-7-13-25)42(22-26-14-10-11-17-30(26)36)33(44)23-43(48(46,47)28-15-8-5-9-16-28)27-18-19-31(37)29(21-27)35(38,39)40/h4-19,21,24,32H,3,20,22-23H2,1-2H3,(H,41,45)/t24-,32+/m1/s1. The number of rotatable bonds is 13. The van der Waals surface area contributed by atoms with E-state index < -0.39 is 56.9 Å². The summed E-state index contributed by atoms with van der Waals surface area (Å²) in [6.07, 6.45) is -4.25. The average Bonchev–Trinajstić information content (AvgIpc) is 3.06. The van der Waals surface area contributed by atoms with Gasteiger partial charge in [0.25, 0.3) is 10.0 Å². The van der Waals surface area contributed by atoms with Crippen LogP contribution in [-0.2, 0) is 38.8 Å². The van der Waals surface area contributed by atoms with Gasteiger partial charge >= 0.3 is 6.18 Å². The zero-order valence-corrected chi connectivity index (χ0v) is 28.5. The molecule has 0 bridgehead atoms. The zero-order chi connectivity index (χ0) is 35.1. The minimum atomic E-state index is -4.91. The Bertz CT molecular complexity index is 1830. The van der Waals surface area contributed by atoms with E-state index in [0.717, 1.165) is 17.7 Å². The van der Waals surface area contributed by atoms with Crippen molar-refractivity contribution in [3.8, 4) is 0 Å². The number of anilines is 1. The molecule has 2 amide bonds. The van der Waals surface area contributed by atoms with Crippen LogP contribution < -0.4 is 9.62 Å². The molecular weight excluding hydrogens is 686 g/mol. The van der Waals surface area contributed by atoms with Gasteiger partial charge in [-0.2, -0.15) is 13.2 Å². The molecule has 7 nitrogen and oxygen atoms in total.